The van der Waals surface area contributed by atoms with Gasteiger partial charge in [0.15, 0.2) is 0 Å². The topological polar surface area (TPSA) is 52.6 Å². The number of urea groups is 1. The number of hydrogen-bond donors (Lipinski definition) is 2. The Hall–Kier alpha value is -1.07. The highest BCUT2D eigenvalue weighted by molar-refractivity contribution is 9.10. The minimum Gasteiger partial charge on any atom is -0.393 e. The van der Waals surface area contributed by atoms with E-state index in [9.17, 15) is 9.90 Å². The molecule has 2 unspecified atom stereocenters. The van der Waals surface area contributed by atoms with Crippen LogP contribution in [0.3, 0.4) is 0 Å². The van der Waals surface area contributed by atoms with E-state index < -0.39 is 0 Å². The predicted octanol–water partition coefficient (Wildman–Crippen LogP) is 2.75. The van der Waals surface area contributed by atoms with Crippen LogP contribution in [0, 0.1) is 5.92 Å². The van der Waals surface area contributed by atoms with Crippen LogP contribution in [-0.4, -0.2) is 35.7 Å². The van der Waals surface area contributed by atoms with Crippen LogP contribution in [0.15, 0.2) is 28.7 Å². The van der Waals surface area contributed by atoms with E-state index in [0.717, 1.165) is 29.3 Å². The molecule has 5 heteroatoms. The number of carbonyl (C=O) groups is 1. The minimum absolute atomic E-state index is 0.0907. The first-order chi connectivity index (χ1) is 9.56. The van der Waals surface area contributed by atoms with Crippen LogP contribution in [0.4, 0.5) is 4.79 Å². The number of amides is 2. The highest BCUT2D eigenvalue weighted by atomic mass is 79.9. The fourth-order valence-corrected chi connectivity index (χ4v) is 2.84. The van der Waals surface area contributed by atoms with E-state index >= 15 is 0 Å². The van der Waals surface area contributed by atoms with Crippen molar-refractivity contribution in [3.63, 3.8) is 0 Å². The minimum atomic E-state index is -0.253. The molecule has 2 amide bonds. The Bertz CT molecular complexity index is 450. The lowest BCUT2D eigenvalue weighted by Gasteiger charge is -2.23. The van der Waals surface area contributed by atoms with Gasteiger partial charge in [-0.2, -0.15) is 0 Å². The van der Waals surface area contributed by atoms with Crippen molar-refractivity contribution in [2.24, 2.45) is 5.92 Å². The van der Waals surface area contributed by atoms with E-state index in [-0.39, 0.29) is 18.1 Å². The van der Waals surface area contributed by atoms with E-state index in [0.29, 0.717) is 13.1 Å². The summed E-state index contributed by atoms with van der Waals surface area (Å²) in [6, 6.07) is 7.78. The number of aliphatic hydroxyl groups is 1. The summed E-state index contributed by atoms with van der Waals surface area (Å²) in [6.07, 6.45) is 2.67. The summed E-state index contributed by atoms with van der Waals surface area (Å²) in [5.41, 5.74) is 1.07. The molecule has 1 saturated carbocycles. The second-order valence-corrected chi connectivity index (χ2v) is 6.34. The van der Waals surface area contributed by atoms with Crippen LogP contribution in [0.5, 0.6) is 0 Å². The Kier molecular flexibility index (Phi) is 5.43. The van der Waals surface area contributed by atoms with Gasteiger partial charge in [0.1, 0.15) is 0 Å². The molecule has 1 fully saturated rings. The largest absolute Gasteiger partial charge is 0.393 e. The van der Waals surface area contributed by atoms with Gasteiger partial charge in [0.2, 0.25) is 0 Å². The van der Waals surface area contributed by atoms with Crippen LogP contribution in [0.2, 0.25) is 0 Å². The van der Waals surface area contributed by atoms with Crippen molar-refractivity contribution >= 4 is 22.0 Å². The smallest absolute Gasteiger partial charge is 0.317 e. The van der Waals surface area contributed by atoms with Crippen molar-refractivity contribution in [1.29, 1.82) is 0 Å². The van der Waals surface area contributed by atoms with E-state index in [4.69, 9.17) is 0 Å². The van der Waals surface area contributed by atoms with Crippen molar-refractivity contribution < 1.29 is 9.90 Å². The third-order valence-corrected chi connectivity index (χ3v) is 4.36. The van der Waals surface area contributed by atoms with E-state index in [1.165, 1.54) is 0 Å². The molecule has 0 heterocycles. The van der Waals surface area contributed by atoms with Gasteiger partial charge < -0.3 is 15.3 Å². The molecule has 1 aromatic carbocycles. The monoisotopic (exact) mass is 340 g/mol. The summed E-state index contributed by atoms with van der Waals surface area (Å²) in [6.45, 7) is 1.14. The van der Waals surface area contributed by atoms with Crippen molar-refractivity contribution in [3.8, 4) is 0 Å². The molecule has 2 N–H and O–H groups in total. The Morgan fingerprint density at radius 2 is 2.10 bits per heavy atom. The van der Waals surface area contributed by atoms with Gasteiger partial charge >= 0.3 is 6.03 Å². The number of rotatable bonds is 4. The van der Waals surface area contributed by atoms with E-state index in [1.807, 2.05) is 24.3 Å². The lowest BCUT2D eigenvalue weighted by atomic mass is 10.1. The van der Waals surface area contributed by atoms with Gasteiger partial charge in [-0.3, -0.25) is 0 Å². The number of aliphatic hydroxyl groups excluding tert-OH is 1. The third kappa shape index (κ3) is 4.21. The summed E-state index contributed by atoms with van der Waals surface area (Å²) in [5, 5.41) is 12.7. The summed E-state index contributed by atoms with van der Waals surface area (Å²) in [7, 11) is 1.78. The lowest BCUT2D eigenvalue weighted by Crippen LogP contribution is -2.40. The number of nitrogens with one attached hydrogen (secondary N) is 1. The number of carbonyl (C=O) groups excluding carboxylic acids is 1. The van der Waals surface area contributed by atoms with Crippen LogP contribution in [0.25, 0.3) is 0 Å². The Labute approximate surface area is 128 Å². The molecule has 2 rings (SSSR count). The van der Waals surface area contributed by atoms with E-state index in [1.54, 1.807) is 11.9 Å². The van der Waals surface area contributed by atoms with Gasteiger partial charge in [-0.1, -0.05) is 34.5 Å². The van der Waals surface area contributed by atoms with E-state index in [2.05, 4.69) is 21.2 Å². The summed E-state index contributed by atoms with van der Waals surface area (Å²) < 4.78 is 1.03. The highest BCUT2D eigenvalue weighted by Gasteiger charge is 2.27. The first kappa shape index (κ1) is 15.3. The quantitative estimate of drug-likeness (QED) is 0.885. The Morgan fingerprint density at radius 1 is 1.40 bits per heavy atom. The summed E-state index contributed by atoms with van der Waals surface area (Å²) >= 11 is 3.38. The second-order valence-electron chi connectivity index (χ2n) is 5.42. The molecule has 0 spiro atoms. The fraction of sp³-hybridized carbons (Fsp3) is 0.533. The molecule has 20 heavy (non-hydrogen) atoms. The molecular weight excluding hydrogens is 320 g/mol. The number of halogens is 1. The maximum Gasteiger partial charge on any atom is 0.317 e. The number of hydrogen-bond acceptors (Lipinski definition) is 2. The molecule has 0 aliphatic heterocycles. The third-order valence-electron chi connectivity index (χ3n) is 3.83. The second kappa shape index (κ2) is 7.09. The summed E-state index contributed by atoms with van der Waals surface area (Å²) in [5.74, 6) is 0.221. The molecule has 0 aromatic heterocycles. The molecule has 0 saturated heterocycles. The zero-order chi connectivity index (χ0) is 14.5. The number of benzene rings is 1. The summed E-state index contributed by atoms with van der Waals surface area (Å²) in [4.78, 5) is 13.7. The highest BCUT2D eigenvalue weighted by Crippen LogP contribution is 2.25. The zero-order valence-corrected chi connectivity index (χ0v) is 13.3. The fourth-order valence-electron chi connectivity index (χ4n) is 2.58. The van der Waals surface area contributed by atoms with Crippen LogP contribution >= 0.6 is 15.9 Å². The van der Waals surface area contributed by atoms with Gasteiger partial charge in [-0.05, 0) is 30.5 Å². The van der Waals surface area contributed by atoms with Crippen LogP contribution < -0.4 is 5.32 Å². The SMILES string of the molecule is CN(CC1CCCC1O)C(=O)NCc1ccc(Br)cc1. The molecule has 1 aromatic rings. The molecular formula is C15H21BrN2O2. The molecule has 1 aliphatic rings. The van der Waals surface area contributed by atoms with Crippen molar-refractivity contribution in [2.45, 2.75) is 31.9 Å². The molecule has 4 nitrogen and oxygen atoms in total. The normalized spacial score (nSPS) is 21.8. The Morgan fingerprint density at radius 3 is 2.70 bits per heavy atom. The van der Waals surface area contributed by atoms with Gasteiger partial charge in [0.25, 0.3) is 0 Å². The molecule has 110 valence electrons. The molecule has 0 bridgehead atoms. The van der Waals surface area contributed by atoms with Crippen molar-refractivity contribution in [2.75, 3.05) is 13.6 Å². The van der Waals surface area contributed by atoms with Gasteiger partial charge in [0, 0.05) is 30.5 Å². The average Bonchev–Trinajstić information content (AvgIpc) is 2.83. The lowest BCUT2D eigenvalue weighted by molar-refractivity contribution is 0.114. The average molecular weight is 341 g/mol. The first-order valence-electron chi connectivity index (χ1n) is 6.97. The van der Waals surface area contributed by atoms with Crippen molar-refractivity contribution in [3.05, 3.63) is 34.3 Å². The molecule has 2 atom stereocenters. The zero-order valence-electron chi connectivity index (χ0n) is 11.7. The van der Waals surface area contributed by atoms with Crippen LogP contribution in [-0.2, 0) is 6.54 Å². The van der Waals surface area contributed by atoms with Crippen LogP contribution in [0.1, 0.15) is 24.8 Å². The first-order valence-corrected chi connectivity index (χ1v) is 7.77. The maximum atomic E-state index is 12.0. The van der Waals surface area contributed by atoms with Crippen molar-refractivity contribution in [1.82, 2.24) is 10.2 Å². The standard InChI is InChI=1S/C15H21BrN2O2/c1-18(10-12-3-2-4-14(12)19)15(20)17-9-11-5-7-13(16)8-6-11/h5-8,12,14,19H,2-4,9-10H2,1H3,(H,17,20). The van der Waals surface area contributed by atoms with Gasteiger partial charge in [-0.25, -0.2) is 4.79 Å². The Balaban J connectivity index is 1.77. The molecule has 1 aliphatic carbocycles. The molecule has 0 radical (unpaired) electrons. The number of nitrogens with zero attached hydrogens (tertiary/aromatic N) is 1. The predicted molar refractivity (Wildman–Crippen MR) is 82.4 cm³/mol. The maximum absolute atomic E-state index is 12.0. The van der Waals surface area contributed by atoms with Gasteiger partial charge in [0.05, 0.1) is 6.10 Å². The van der Waals surface area contributed by atoms with Gasteiger partial charge in [-0.15, -0.1) is 0 Å².